The molecule has 0 saturated heterocycles. The number of para-hydroxylation sites is 1. The molecule has 1 aromatic heterocycles. The zero-order chi connectivity index (χ0) is 20.8. The van der Waals surface area contributed by atoms with Crippen molar-refractivity contribution in [3.63, 3.8) is 0 Å². The number of carbonyl (C=O) groups is 2. The van der Waals surface area contributed by atoms with E-state index in [1.807, 2.05) is 6.92 Å². The van der Waals surface area contributed by atoms with Gasteiger partial charge in [0.15, 0.2) is 5.16 Å². The summed E-state index contributed by atoms with van der Waals surface area (Å²) in [6, 6.07) is 10.1. The van der Waals surface area contributed by atoms with Crippen molar-refractivity contribution in [1.82, 2.24) is 15.2 Å². The summed E-state index contributed by atoms with van der Waals surface area (Å²) in [5, 5.41) is 13.0. The van der Waals surface area contributed by atoms with Gasteiger partial charge < -0.3 is 15.4 Å². The monoisotopic (exact) mass is 431 g/mol. The Morgan fingerprint density at radius 2 is 2.00 bits per heavy atom. The minimum Gasteiger partial charge on any atom is -0.495 e. The first kappa shape index (κ1) is 20.7. The van der Waals surface area contributed by atoms with Crippen molar-refractivity contribution in [1.29, 1.82) is 0 Å². The van der Waals surface area contributed by atoms with Crippen LogP contribution in [0.15, 0.2) is 47.9 Å². The Bertz CT molecular complexity index is 1030. The molecular formula is C19H18ClN5O3S. The Hall–Kier alpha value is -3.04. The van der Waals surface area contributed by atoms with Crippen LogP contribution in [-0.2, 0) is 4.79 Å². The van der Waals surface area contributed by atoms with Crippen LogP contribution in [0.5, 0.6) is 5.75 Å². The second-order valence-corrected chi connectivity index (χ2v) is 7.30. The van der Waals surface area contributed by atoms with E-state index >= 15 is 0 Å². The predicted octanol–water partition coefficient (Wildman–Crippen LogP) is 3.76. The fraction of sp³-hybridized carbons (Fsp3) is 0.158. The number of ether oxygens (including phenoxy) is 1. The van der Waals surface area contributed by atoms with Crippen LogP contribution in [0.25, 0.3) is 0 Å². The molecule has 0 saturated carbocycles. The first-order chi connectivity index (χ1) is 14.0. The number of benzene rings is 2. The van der Waals surface area contributed by atoms with Gasteiger partial charge in [0, 0.05) is 11.1 Å². The van der Waals surface area contributed by atoms with Crippen LogP contribution in [-0.4, -0.2) is 39.9 Å². The van der Waals surface area contributed by atoms with Gasteiger partial charge in [0.05, 0.1) is 29.8 Å². The van der Waals surface area contributed by atoms with Crippen molar-refractivity contribution < 1.29 is 14.3 Å². The Kier molecular flexibility index (Phi) is 6.73. The summed E-state index contributed by atoms with van der Waals surface area (Å²) < 4.78 is 5.29. The number of rotatable bonds is 7. The SMILES string of the molecule is COc1cc(Cl)c(C)cc1NC(=O)c1ccccc1NC(=O)CSc1ncn[nH]1. The van der Waals surface area contributed by atoms with Crippen molar-refractivity contribution in [2.75, 3.05) is 23.5 Å². The fourth-order valence-corrected chi connectivity index (χ4v) is 3.23. The van der Waals surface area contributed by atoms with E-state index in [1.54, 1.807) is 36.4 Å². The molecule has 2 amide bonds. The number of nitrogens with zero attached hydrogens (tertiary/aromatic N) is 2. The quantitative estimate of drug-likeness (QED) is 0.491. The molecule has 3 rings (SSSR count). The lowest BCUT2D eigenvalue weighted by atomic mass is 10.1. The van der Waals surface area contributed by atoms with E-state index in [-0.39, 0.29) is 17.6 Å². The van der Waals surface area contributed by atoms with E-state index in [2.05, 4.69) is 25.8 Å². The van der Waals surface area contributed by atoms with E-state index in [0.717, 1.165) is 5.56 Å². The van der Waals surface area contributed by atoms with Gasteiger partial charge in [0.25, 0.3) is 5.91 Å². The second kappa shape index (κ2) is 9.44. The Morgan fingerprint density at radius 3 is 2.72 bits per heavy atom. The molecule has 8 nitrogen and oxygen atoms in total. The average molecular weight is 432 g/mol. The molecule has 0 bridgehead atoms. The molecular weight excluding hydrogens is 414 g/mol. The molecule has 0 atom stereocenters. The van der Waals surface area contributed by atoms with Crippen molar-refractivity contribution in [2.24, 2.45) is 0 Å². The molecule has 0 radical (unpaired) electrons. The summed E-state index contributed by atoms with van der Waals surface area (Å²) in [4.78, 5) is 29.1. The largest absolute Gasteiger partial charge is 0.495 e. The van der Waals surface area contributed by atoms with Crippen LogP contribution in [0.1, 0.15) is 15.9 Å². The lowest BCUT2D eigenvalue weighted by Gasteiger charge is -2.14. The maximum atomic E-state index is 12.8. The number of halogens is 1. The van der Waals surface area contributed by atoms with Gasteiger partial charge in [-0.1, -0.05) is 35.5 Å². The third-order valence-electron chi connectivity index (χ3n) is 3.91. The number of thioether (sulfide) groups is 1. The maximum absolute atomic E-state index is 12.8. The van der Waals surface area contributed by atoms with Gasteiger partial charge in [-0.2, -0.15) is 5.10 Å². The van der Waals surface area contributed by atoms with E-state index in [4.69, 9.17) is 16.3 Å². The van der Waals surface area contributed by atoms with E-state index in [0.29, 0.717) is 32.9 Å². The molecule has 29 heavy (non-hydrogen) atoms. The number of aromatic nitrogens is 3. The number of hydrogen-bond donors (Lipinski definition) is 3. The number of hydrogen-bond acceptors (Lipinski definition) is 6. The normalized spacial score (nSPS) is 10.4. The minimum atomic E-state index is -0.385. The third kappa shape index (κ3) is 5.27. The summed E-state index contributed by atoms with van der Waals surface area (Å²) in [5.41, 5.74) is 2.01. The summed E-state index contributed by atoms with van der Waals surface area (Å²) in [6.07, 6.45) is 1.37. The first-order valence-corrected chi connectivity index (χ1v) is 9.87. The second-order valence-electron chi connectivity index (χ2n) is 5.93. The highest BCUT2D eigenvalue weighted by Crippen LogP contribution is 2.31. The smallest absolute Gasteiger partial charge is 0.257 e. The number of H-pyrrole nitrogens is 1. The van der Waals surface area contributed by atoms with Gasteiger partial charge in [0.1, 0.15) is 12.1 Å². The lowest BCUT2D eigenvalue weighted by molar-refractivity contribution is -0.113. The maximum Gasteiger partial charge on any atom is 0.257 e. The molecule has 150 valence electrons. The summed E-state index contributed by atoms with van der Waals surface area (Å²) >= 11 is 7.32. The average Bonchev–Trinajstić information content (AvgIpc) is 3.23. The van der Waals surface area contributed by atoms with E-state index < -0.39 is 0 Å². The highest BCUT2D eigenvalue weighted by Gasteiger charge is 2.16. The van der Waals surface area contributed by atoms with Crippen LogP contribution in [0.3, 0.4) is 0 Å². The fourth-order valence-electron chi connectivity index (χ4n) is 2.49. The molecule has 10 heteroatoms. The van der Waals surface area contributed by atoms with Gasteiger partial charge in [-0.3, -0.25) is 14.7 Å². The molecule has 2 aromatic carbocycles. The Morgan fingerprint density at radius 1 is 1.21 bits per heavy atom. The Balaban J connectivity index is 1.73. The molecule has 0 unspecified atom stereocenters. The molecule has 0 spiro atoms. The summed E-state index contributed by atoms with van der Waals surface area (Å²) in [5.74, 6) is -0.0932. The van der Waals surface area contributed by atoms with Crippen LogP contribution in [0, 0.1) is 6.92 Å². The molecule has 1 heterocycles. The first-order valence-electron chi connectivity index (χ1n) is 8.50. The highest BCUT2D eigenvalue weighted by atomic mass is 35.5. The van der Waals surface area contributed by atoms with E-state index in [9.17, 15) is 9.59 Å². The van der Waals surface area contributed by atoms with Crippen LogP contribution in [0.4, 0.5) is 11.4 Å². The van der Waals surface area contributed by atoms with Crippen LogP contribution < -0.4 is 15.4 Å². The zero-order valence-corrected chi connectivity index (χ0v) is 17.2. The van der Waals surface area contributed by atoms with Gasteiger partial charge in [0.2, 0.25) is 5.91 Å². The van der Waals surface area contributed by atoms with Gasteiger partial charge in [-0.15, -0.1) is 0 Å². The number of anilines is 2. The lowest BCUT2D eigenvalue weighted by Crippen LogP contribution is -2.19. The number of aromatic amines is 1. The van der Waals surface area contributed by atoms with Crippen molar-refractivity contribution in [3.05, 3.63) is 58.9 Å². The topological polar surface area (TPSA) is 109 Å². The van der Waals surface area contributed by atoms with Crippen LogP contribution in [0.2, 0.25) is 5.02 Å². The molecule has 0 aliphatic heterocycles. The number of amides is 2. The van der Waals surface area contributed by atoms with Gasteiger partial charge >= 0.3 is 0 Å². The number of aryl methyl sites for hydroxylation is 1. The summed E-state index contributed by atoms with van der Waals surface area (Å²) in [6.45, 7) is 1.83. The zero-order valence-electron chi connectivity index (χ0n) is 15.7. The number of carbonyl (C=O) groups excluding carboxylic acids is 2. The molecule has 0 fully saturated rings. The molecule has 3 N–H and O–H groups in total. The molecule has 0 aliphatic rings. The molecule has 0 aliphatic carbocycles. The third-order valence-corrected chi connectivity index (χ3v) is 5.19. The predicted molar refractivity (Wildman–Crippen MR) is 113 cm³/mol. The van der Waals surface area contributed by atoms with Gasteiger partial charge in [-0.25, -0.2) is 4.98 Å². The Labute approximate surface area is 176 Å². The standard InChI is InChI=1S/C19H18ClN5O3S/c1-11-7-15(16(28-2)8-13(11)20)24-18(27)12-5-3-4-6-14(12)23-17(26)9-29-19-21-10-22-25-19/h3-8,10H,9H2,1-2H3,(H,23,26)(H,24,27)(H,21,22,25). The van der Waals surface area contributed by atoms with Gasteiger partial charge in [-0.05, 0) is 30.7 Å². The number of nitrogens with one attached hydrogen (secondary N) is 3. The van der Waals surface area contributed by atoms with Crippen molar-refractivity contribution in [2.45, 2.75) is 12.1 Å². The van der Waals surface area contributed by atoms with E-state index in [1.165, 1.54) is 25.2 Å². The number of methoxy groups -OCH3 is 1. The highest BCUT2D eigenvalue weighted by molar-refractivity contribution is 7.99. The van der Waals surface area contributed by atoms with Crippen molar-refractivity contribution >= 4 is 46.6 Å². The minimum absolute atomic E-state index is 0.120. The molecule has 3 aromatic rings. The van der Waals surface area contributed by atoms with Crippen LogP contribution >= 0.6 is 23.4 Å². The summed E-state index contributed by atoms with van der Waals surface area (Å²) in [7, 11) is 1.50. The van der Waals surface area contributed by atoms with Crippen molar-refractivity contribution in [3.8, 4) is 5.75 Å².